The first-order valence-corrected chi connectivity index (χ1v) is 11.6. The van der Waals surface area contributed by atoms with Crippen molar-refractivity contribution in [3.05, 3.63) is 86.2 Å². The number of aryl methyl sites for hydroxylation is 1. The lowest BCUT2D eigenvalue weighted by Crippen LogP contribution is -2.26. The normalized spacial score (nSPS) is 11.1. The quantitative estimate of drug-likeness (QED) is 0.317. The molecular formula is C22H17ClFN3O2S2. The maximum atomic E-state index is 13.8. The number of amides is 1. The average Bonchev–Trinajstić information content (AvgIpc) is 3.23. The number of hydrogen-bond donors (Lipinski definition) is 1. The maximum Gasteiger partial charge on any atom is 0.276 e. The molecule has 0 aliphatic rings. The van der Waals surface area contributed by atoms with Crippen LogP contribution in [0.15, 0.2) is 63.9 Å². The van der Waals surface area contributed by atoms with E-state index in [1.165, 1.54) is 28.0 Å². The molecule has 0 bridgehead atoms. The highest BCUT2D eigenvalue weighted by atomic mass is 35.5. The first-order chi connectivity index (χ1) is 14.9. The molecule has 2 aromatic carbocycles. The number of benzene rings is 2. The van der Waals surface area contributed by atoms with Crippen LogP contribution in [0, 0.1) is 12.7 Å². The van der Waals surface area contributed by atoms with Crippen molar-refractivity contribution in [3.63, 3.8) is 0 Å². The second kappa shape index (κ2) is 9.21. The average molecular weight is 474 g/mol. The Bertz CT molecular complexity index is 1320. The van der Waals surface area contributed by atoms with Gasteiger partial charge in [0.1, 0.15) is 10.5 Å². The fourth-order valence-corrected chi connectivity index (χ4v) is 4.70. The summed E-state index contributed by atoms with van der Waals surface area (Å²) in [6.45, 7) is 2.01. The largest absolute Gasteiger partial charge is 0.351 e. The Labute approximate surface area is 190 Å². The number of nitrogens with one attached hydrogen (secondary N) is 1. The molecule has 0 fully saturated rings. The van der Waals surface area contributed by atoms with E-state index in [-0.39, 0.29) is 23.0 Å². The zero-order valence-corrected chi connectivity index (χ0v) is 18.8. The van der Waals surface area contributed by atoms with Crippen LogP contribution >= 0.6 is 34.7 Å². The molecule has 0 saturated heterocycles. The van der Waals surface area contributed by atoms with Gasteiger partial charge in [0.05, 0.1) is 17.0 Å². The van der Waals surface area contributed by atoms with Crippen molar-refractivity contribution in [3.8, 4) is 5.69 Å². The second-order valence-electron chi connectivity index (χ2n) is 6.80. The molecule has 2 heterocycles. The number of carbonyl (C=O) groups excluding carboxylic acids is 1. The van der Waals surface area contributed by atoms with Crippen LogP contribution in [0.3, 0.4) is 0 Å². The van der Waals surface area contributed by atoms with Crippen molar-refractivity contribution < 1.29 is 9.18 Å². The van der Waals surface area contributed by atoms with Crippen molar-refractivity contribution in [2.45, 2.75) is 18.6 Å². The highest BCUT2D eigenvalue weighted by Crippen LogP contribution is 2.24. The van der Waals surface area contributed by atoms with Gasteiger partial charge in [0.25, 0.3) is 5.56 Å². The van der Waals surface area contributed by atoms with Crippen molar-refractivity contribution in [1.29, 1.82) is 0 Å². The Morgan fingerprint density at radius 1 is 1.23 bits per heavy atom. The molecule has 1 amide bonds. The molecule has 31 heavy (non-hydrogen) atoms. The monoisotopic (exact) mass is 473 g/mol. The van der Waals surface area contributed by atoms with Crippen molar-refractivity contribution >= 4 is 50.8 Å². The van der Waals surface area contributed by atoms with Crippen LogP contribution in [-0.4, -0.2) is 21.2 Å². The molecule has 4 rings (SSSR count). The summed E-state index contributed by atoms with van der Waals surface area (Å²) in [6, 6.07) is 13.4. The lowest BCUT2D eigenvalue weighted by molar-refractivity contribution is -0.118. The minimum atomic E-state index is -0.349. The van der Waals surface area contributed by atoms with Gasteiger partial charge in [-0.1, -0.05) is 35.5 Å². The van der Waals surface area contributed by atoms with Crippen LogP contribution in [0.25, 0.3) is 15.9 Å². The summed E-state index contributed by atoms with van der Waals surface area (Å²) in [7, 11) is 0. The summed E-state index contributed by atoms with van der Waals surface area (Å²) in [4.78, 5) is 30.1. The Morgan fingerprint density at radius 3 is 2.74 bits per heavy atom. The zero-order valence-electron chi connectivity index (χ0n) is 16.4. The van der Waals surface area contributed by atoms with Gasteiger partial charge < -0.3 is 5.32 Å². The Kier molecular flexibility index (Phi) is 6.41. The highest BCUT2D eigenvalue weighted by molar-refractivity contribution is 7.99. The number of thioether (sulfide) groups is 1. The van der Waals surface area contributed by atoms with E-state index in [1.807, 2.05) is 12.1 Å². The SMILES string of the molecule is Cc1cc(-n2c(SCC(=O)NCc3ccc(Cl)cc3)nc3ccsc3c2=O)ccc1F. The Morgan fingerprint density at radius 2 is 2.00 bits per heavy atom. The molecule has 2 aromatic heterocycles. The third-order valence-corrected chi connectivity index (χ3v) is 6.67. The van der Waals surface area contributed by atoms with Gasteiger partial charge in [0.15, 0.2) is 5.16 Å². The highest BCUT2D eigenvalue weighted by Gasteiger charge is 2.16. The molecule has 9 heteroatoms. The lowest BCUT2D eigenvalue weighted by Gasteiger charge is -2.13. The van der Waals surface area contributed by atoms with E-state index in [9.17, 15) is 14.0 Å². The van der Waals surface area contributed by atoms with E-state index >= 15 is 0 Å². The summed E-state index contributed by atoms with van der Waals surface area (Å²) in [5, 5.41) is 5.66. The predicted octanol–water partition coefficient (Wildman–Crippen LogP) is 4.96. The smallest absolute Gasteiger partial charge is 0.276 e. The molecule has 0 atom stereocenters. The molecule has 5 nitrogen and oxygen atoms in total. The van der Waals surface area contributed by atoms with E-state index in [4.69, 9.17) is 11.6 Å². The van der Waals surface area contributed by atoms with Crippen LogP contribution in [0.1, 0.15) is 11.1 Å². The van der Waals surface area contributed by atoms with Gasteiger partial charge in [0, 0.05) is 11.6 Å². The van der Waals surface area contributed by atoms with E-state index < -0.39 is 0 Å². The number of thiophene rings is 1. The van der Waals surface area contributed by atoms with Crippen LogP contribution in [0.4, 0.5) is 4.39 Å². The van der Waals surface area contributed by atoms with Crippen LogP contribution in [-0.2, 0) is 11.3 Å². The first kappa shape index (κ1) is 21.5. The van der Waals surface area contributed by atoms with Gasteiger partial charge in [-0.05, 0) is 59.8 Å². The van der Waals surface area contributed by atoms with E-state index in [0.29, 0.717) is 38.2 Å². The van der Waals surface area contributed by atoms with Crippen molar-refractivity contribution in [2.24, 2.45) is 0 Å². The number of rotatable bonds is 6. The third-order valence-electron chi connectivity index (χ3n) is 4.58. The van der Waals surface area contributed by atoms with E-state index in [0.717, 1.165) is 17.3 Å². The number of fused-ring (bicyclic) bond motifs is 1. The topological polar surface area (TPSA) is 64.0 Å². The summed E-state index contributed by atoms with van der Waals surface area (Å²) in [6.07, 6.45) is 0. The molecule has 0 spiro atoms. The lowest BCUT2D eigenvalue weighted by atomic mass is 10.2. The van der Waals surface area contributed by atoms with Gasteiger partial charge in [-0.2, -0.15) is 0 Å². The summed E-state index contributed by atoms with van der Waals surface area (Å²) >= 11 is 8.34. The number of carbonyl (C=O) groups is 1. The fourth-order valence-electron chi connectivity index (χ4n) is 2.97. The molecule has 0 unspecified atom stereocenters. The molecule has 4 aromatic rings. The fraction of sp³-hybridized carbons (Fsp3) is 0.136. The van der Waals surface area contributed by atoms with Gasteiger partial charge in [-0.15, -0.1) is 11.3 Å². The summed E-state index contributed by atoms with van der Waals surface area (Å²) < 4.78 is 15.7. The molecule has 0 radical (unpaired) electrons. The molecule has 158 valence electrons. The Hall–Kier alpha value is -2.68. The summed E-state index contributed by atoms with van der Waals surface area (Å²) in [5.41, 5.74) is 2.20. The number of halogens is 2. The van der Waals surface area contributed by atoms with Gasteiger partial charge in [-0.3, -0.25) is 14.2 Å². The predicted molar refractivity (Wildman–Crippen MR) is 124 cm³/mol. The number of nitrogens with zero attached hydrogens (tertiary/aromatic N) is 2. The summed E-state index contributed by atoms with van der Waals surface area (Å²) in [5.74, 6) is -0.463. The Balaban J connectivity index is 1.57. The molecule has 0 aliphatic heterocycles. The van der Waals surface area contributed by atoms with Gasteiger partial charge >= 0.3 is 0 Å². The minimum Gasteiger partial charge on any atom is -0.351 e. The molecular weight excluding hydrogens is 457 g/mol. The van der Waals surface area contributed by atoms with E-state index in [2.05, 4.69) is 10.3 Å². The van der Waals surface area contributed by atoms with Crippen molar-refractivity contribution in [1.82, 2.24) is 14.9 Å². The minimum absolute atomic E-state index is 0.0792. The molecule has 0 saturated carbocycles. The van der Waals surface area contributed by atoms with Gasteiger partial charge in [-0.25, -0.2) is 9.37 Å². The van der Waals surface area contributed by atoms with Crippen LogP contribution < -0.4 is 10.9 Å². The third kappa shape index (κ3) is 4.81. The van der Waals surface area contributed by atoms with Crippen LogP contribution in [0.5, 0.6) is 0 Å². The number of aromatic nitrogens is 2. The van der Waals surface area contributed by atoms with Crippen molar-refractivity contribution in [2.75, 3.05) is 5.75 Å². The molecule has 1 N–H and O–H groups in total. The first-order valence-electron chi connectivity index (χ1n) is 9.33. The standard InChI is InChI=1S/C22H17ClFN3O2S2/c1-13-10-16(6-7-17(13)24)27-21(29)20-18(8-9-30-20)26-22(27)31-12-19(28)25-11-14-2-4-15(23)5-3-14/h2-10H,11-12H2,1H3,(H,25,28). The second-order valence-corrected chi connectivity index (χ2v) is 9.09. The zero-order chi connectivity index (χ0) is 22.0. The van der Waals surface area contributed by atoms with E-state index in [1.54, 1.807) is 36.6 Å². The number of hydrogen-bond acceptors (Lipinski definition) is 5. The van der Waals surface area contributed by atoms with Crippen LogP contribution in [0.2, 0.25) is 5.02 Å². The molecule has 0 aliphatic carbocycles. The van der Waals surface area contributed by atoms with Gasteiger partial charge in [0.2, 0.25) is 5.91 Å². The maximum absolute atomic E-state index is 13.8.